The number of benzene rings is 2. The lowest BCUT2D eigenvalue weighted by Crippen LogP contribution is -2.35. The molecule has 1 heterocycles. The van der Waals surface area contributed by atoms with Crippen molar-refractivity contribution in [3.8, 4) is 0 Å². The third-order valence-corrected chi connectivity index (χ3v) is 5.24. The van der Waals surface area contributed by atoms with E-state index < -0.39 is 11.7 Å². The monoisotopic (exact) mass is 391 g/mol. The molecule has 2 aromatic rings. The second-order valence-electron chi connectivity index (χ2n) is 7.85. The van der Waals surface area contributed by atoms with Gasteiger partial charge in [-0.1, -0.05) is 69.7 Å². The first-order valence-corrected chi connectivity index (χ1v) is 10.3. The molecule has 1 unspecified atom stereocenters. The fourth-order valence-electron chi connectivity index (χ4n) is 3.64. The third-order valence-electron chi connectivity index (χ3n) is 5.24. The molecule has 1 aliphatic rings. The Bertz CT molecular complexity index is 675. The first-order valence-electron chi connectivity index (χ1n) is 10.3. The summed E-state index contributed by atoms with van der Waals surface area (Å²) in [6.07, 6.45) is 1.29. The second-order valence-corrected chi connectivity index (χ2v) is 7.85. The van der Waals surface area contributed by atoms with Crippen LogP contribution in [0.5, 0.6) is 0 Å². The molecule has 3 rings (SSSR count). The highest BCUT2D eigenvalue weighted by Gasteiger charge is 2.29. The summed E-state index contributed by atoms with van der Waals surface area (Å²) in [7, 11) is 0. The maximum atomic E-state index is 11.8. The molecule has 0 amide bonds. The van der Waals surface area contributed by atoms with Gasteiger partial charge in [-0.3, -0.25) is 0 Å². The smallest absolute Gasteiger partial charge is 0.371 e. The van der Waals surface area contributed by atoms with E-state index >= 15 is 0 Å². The van der Waals surface area contributed by atoms with Gasteiger partial charge >= 0.3 is 6.18 Å². The molecule has 154 valence electrons. The number of rotatable bonds is 4. The van der Waals surface area contributed by atoms with Crippen molar-refractivity contribution in [1.82, 2.24) is 0 Å². The van der Waals surface area contributed by atoms with Gasteiger partial charge in [0.15, 0.2) is 0 Å². The number of anilines is 1. The first-order chi connectivity index (χ1) is 13.3. The maximum Gasteiger partial charge on any atom is 0.416 e. The van der Waals surface area contributed by atoms with E-state index in [-0.39, 0.29) is 0 Å². The molecule has 1 fully saturated rings. The zero-order chi connectivity index (χ0) is 20.6. The maximum absolute atomic E-state index is 11.8. The summed E-state index contributed by atoms with van der Waals surface area (Å²) in [6.45, 7) is 9.31. The van der Waals surface area contributed by atoms with Gasteiger partial charge in [0.25, 0.3) is 0 Å². The minimum Gasteiger partial charge on any atom is -0.371 e. The van der Waals surface area contributed by atoms with Crippen LogP contribution in [0, 0.1) is 5.92 Å². The third kappa shape index (κ3) is 6.88. The summed E-state index contributed by atoms with van der Waals surface area (Å²) in [5, 5.41) is 0. The van der Waals surface area contributed by atoms with Crippen molar-refractivity contribution in [2.24, 2.45) is 5.92 Å². The minimum absolute atomic E-state index is 0.602. The lowest BCUT2D eigenvalue weighted by atomic mass is 9.93. The van der Waals surface area contributed by atoms with Crippen LogP contribution in [-0.2, 0) is 6.18 Å². The minimum atomic E-state index is -4.21. The lowest BCUT2D eigenvalue weighted by molar-refractivity contribution is -0.137. The Morgan fingerprint density at radius 3 is 2.14 bits per heavy atom. The summed E-state index contributed by atoms with van der Waals surface area (Å²) in [5.74, 6) is 1.54. The van der Waals surface area contributed by atoms with Crippen LogP contribution in [0.15, 0.2) is 54.6 Å². The van der Waals surface area contributed by atoms with Crippen molar-refractivity contribution >= 4 is 5.69 Å². The van der Waals surface area contributed by atoms with Crippen LogP contribution >= 0.6 is 0 Å². The Labute approximate surface area is 167 Å². The van der Waals surface area contributed by atoms with Gasteiger partial charge < -0.3 is 4.90 Å². The van der Waals surface area contributed by atoms with Crippen molar-refractivity contribution in [1.29, 1.82) is 0 Å². The lowest BCUT2D eigenvalue weighted by Gasteiger charge is -2.34. The fourth-order valence-corrected chi connectivity index (χ4v) is 3.64. The average Bonchev–Trinajstić information content (AvgIpc) is 2.69. The molecule has 0 saturated carbocycles. The molecule has 0 radical (unpaired) electrons. The summed E-state index contributed by atoms with van der Waals surface area (Å²) >= 11 is 0. The van der Waals surface area contributed by atoms with Crippen LogP contribution in [0.3, 0.4) is 0 Å². The van der Waals surface area contributed by atoms with Crippen molar-refractivity contribution in [3.05, 3.63) is 65.7 Å². The predicted octanol–water partition coefficient (Wildman–Crippen LogP) is 7.53. The molecule has 0 aromatic heterocycles. The Kier molecular flexibility index (Phi) is 8.40. The Balaban J connectivity index is 0.000000237. The predicted molar refractivity (Wildman–Crippen MR) is 112 cm³/mol. The molecule has 28 heavy (non-hydrogen) atoms. The van der Waals surface area contributed by atoms with Gasteiger partial charge in [0, 0.05) is 18.8 Å². The molecule has 2 aromatic carbocycles. The van der Waals surface area contributed by atoms with E-state index in [1.807, 2.05) is 0 Å². The van der Waals surface area contributed by atoms with E-state index in [9.17, 15) is 13.2 Å². The normalized spacial score (nSPS) is 17.2. The summed E-state index contributed by atoms with van der Waals surface area (Å²) in [6, 6.07) is 15.6. The van der Waals surface area contributed by atoms with Gasteiger partial charge in [-0.15, -0.1) is 0 Å². The van der Waals surface area contributed by atoms with Gasteiger partial charge in [-0.2, -0.15) is 13.2 Å². The second kappa shape index (κ2) is 10.5. The highest BCUT2D eigenvalue weighted by molar-refractivity contribution is 5.48. The van der Waals surface area contributed by atoms with Crippen molar-refractivity contribution < 1.29 is 13.2 Å². The Morgan fingerprint density at radius 2 is 1.64 bits per heavy atom. The van der Waals surface area contributed by atoms with Gasteiger partial charge in [-0.05, 0) is 48.8 Å². The van der Waals surface area contributed by atoms with Crippen LogP contribution in [0.1, 0.15) is 63.5 Å². The molecular formula is C24H32F3N. The molecule has 1 atom stereocenters. The topological polar surface area (TPSA) is 3.24 Å². The van der Waals surface area contributed by atoms with Crippen molar-refractivity contribution in [2.75, 3.05) is 18.0 Å². The molecule has 0 N–H and O–H groups in total. The summed E-state index contributed by atoms with van der Waals surface area (Å²) in [4.78, 5) is 2.58. The van der Waals surface area contributed by atoms with Crippen LogP contribution in [-0.4, -0.2) is 13.1 Å². The first kappa shape index (κ1) is 22.3. The van der Waals surface area contributed by atoms with Gasteiger partial charge in [-0.25, -0.2) is 0 Å². The average molecular weight is 392 g/mol. The summed E-state index contributed by atoms with van der Waals surface area (Å²) < 4.78 is 35.4. The quantitative estimate of drug-likeness (QED) is 0.520. The van der Waals surface area contributed by atoms with Crippen LogP contribution in [0.25, 0.3) is 0 Å². The number of piperidine rings is 1. The van der Waals surface area contributed by atoms with Gasteiger partial charge in [0.05, 0.1) is 5.56 Å². The molecular weight excluding hydrogens is 359 g/mol. The van der Waals surface area contributed by atoms with E-state index in [1.165, 1.54) is 62.2 Å². The Hall–Kier alpha value is -1.97. The van der Waals surface area contributed by atoms with Crippen LogP contribution < -0.4 is 4.90 Å². The molecule has 0 aliphatic carbocycles. The van der Waals surface area contributed by atoms with Crippen LogP contribution in [0.2, 0.25) is 0 Å². The number of hydrogen-bond donors (Lipinski definition) is 0. The SMILES string of the molecule is CCCC1CCCN(c2ccc(C(C)C)cc2)C1.FC(F)(F)c1ccccc1. The highest BCUT2D eigenvalue weighted by atomic mass is 19.4. The highest BCUT2D eigenvalue weighted by Crippen LogP contribution is 2.28. The van der Waals surface area contributed by atoms with Gasteiger partial charge in [0.1, 0.15) is 0 Å². The summed E-state index contributed by atoms with van der Waals surface area (Å²) in [5.41, 5.74) is 2.26. The van der Waals surface area contributed by atoms with Crippen molar-refractivity contribution in [2.45, 2.75) is 58.5 Å². The van der Waals surface area contributed by atoms with E-state index in [0.717, 1.165) is 18.1 Å². The van der Waals surface area contributed by atoms with E-state index in [2.05, 4.69) is 49.9 Å². The van der Waals surface area contributed by atoms with Gasteiger partial charge in [0.2, 0.25) is 0 Å². The zero-order valence-electron chi connectivity index (χ0n) is 17.2. The molecule has 0 bridgehead atoms. The number of halogens is 3. The van der Waals surface area contributed by atoms with E-state index in [1.54, 1.807) is 6.07 Å². The molecule has 1 nitrogen and oxygen atoms in total. The van der Waals surface area contributed by atoms with Crippen LogP contribution in [0.4, 0.5) is 18.9 Å². The van der Waals surface area contributed by atoms with Crippen molar-refractivity contribution in [3.63, 3.8) is 0 Å². The molecule has 0 spiro atoms. The molecule has 1 aliphatic heterocycles. The number of nitrogens with zero attached hydrogens (tertiary/aromatic N) is 1. The van der Waals surface area contributed by atoms with E-state index in [4.69, 9.17) is 0 Å². The molecule has 1 saturated heterocycles. The fraction of sp³-hybridized carbons (Fsp3) is 0.500. The van der Waals surface area contributed by atoms with E-state index in [0.29, 0.717) is 5.92 Å². The molecule has 4 heteroatoms. The zero-order valence-corrected chi connectivity index (χ0v) is 17.2. The largest absolute Gasteiger partial charge is 0.416 e. The Morgan fingerprint density at radius 1 is 1.00 bits per heavy atom. The standard InChI is InChI=1S/C17H27N.C7H5F3/c1-4-6-15-7-5-12-18(13-15)17-10-8-16(9-11-17)14(2)3;8-7(9,10)6-4-2-1-3-5-6/h8-11,14-15H,4-7,12-13H2,1-3H3;1-5H. The number of alkyl halides is 3. The number of hydrogen-bond acceptors (Lipinski definition) is 1.